The van der Waals surface area contributed by atoms with Crippen molar-refractivity contribution >= 4 is 29.9 Å². The summed E-state index contributed by atoms with van der Waals surface area (Å²) in [6, 6.07) is 0.852. The fourth-order valence-corrected chi connectivity index (χ4v) is 3.09. The van der Waals surface area contributed by atoms with E-state index in [1.165, 1.54) is 0 Å². The van der Waals surface area contributed by atoms with Gasteiger partial charge in [-0.05, 0) is 26.2 Å². The number of hydrogen-bond donors (Lipinski definition) is 2. The van der Waals surface area contributed by atoms with Crippen LogP contribution in [-0.4, -0.2) is 51.0 Å². The van der Waals surface area contributed by atoms with Crippen LogP contribution in [0.1, 0.15) is 40.0 Å². The van der Waals surface area contributed by atoms with Crippen LogP contribution >= 0.6 is 24.0 Å². The highest BCUT2D eigenvalue weighted by Gasteiger charge is 2.58. The topological polar surface area (TPSA) is 54.9 Å². The summed E-state index contributed by atoms with van der Waals surface area (Å²) in [4.78, 5) is 4.36. The lowest BCUT2D eigenvalue weighted by Crippen LogP contribution is -2.69. The summed E-state index contributed by atoms with van der Waals surface area (Å²) in [6.07, 6.45) is 3.10. The highest BCUT2D eigenvalue weighted by Crippen LogP contribution is 2.51. The summed E-state index contributed by atoms with van der Waals surface area (Å²) >= 11 is 0. The minimum atomic E-state index is -0.0534. The summed E-state index contributed by atoms with van der Waals surface area (Å²) in [5.41, 5.74) is 0.0389. The molecule has 0 amide bonds. The monoisotopic (exact) mass is 411 g/mol. The number of hydrogen-bond acceptors (Lipinski definition) is 3. The first-order valence-electron chi connectivity index (χ1n) is 7.55. The first-order chi connectivity index (χ1) is 9.43. The molecule has 2 unspecified atom stereocenters. The number of guanidine groups is 1. The lowest BCUT2D eigenvalue weighted by molar-refractivity contribution is -0.176. The average Bonchev–Trinajstić information content (AvgIpc) is 2.46. The molecule has 5 nitrogen and oxygen atoms in total. The van der Waals surface area contributed by atoms with E-state index in [0.717, 1.165) is 38.4 Å². The molecule has 0 bridgehead atoms. The van der Waals surface area contributed by atoms with Crippen LogP contribution in [0.4, 0.5) is 0 Å². The van der Waals surface area contributed by atoms with Gasteiger partial charge in [0.1, 0.15) is 0 Å². The van der Waals surface area contributed by atoms with Crippen molar-refractivity contribution in [3.05, 3.63) is 0 Å². The Hall–Kier alpha value is -0.0800. The van der Waals surface area contributed by atoms with Crippen molar-refractivity contribution in [1.82, 2.24) is 10.6 Å². The van der Waals surface area contributed by atoms with Crippen LogP contribution < -0.4 is 10.6 Å². The third-order valence-corrected chi connectivity index (χ3v) is 5.38. The zero-order valence-electron chi connectivity index (χ0n) is 13.9. The van der Waals surface area contributed by atoms with Gasteiger partial charge in [0.15, 0.2) is 5.96 Å². The number of methoxy groups -OCH3 is 1. The second-order valence-corrected chi connectivity index (χ2v) is 6.66. The van der Waals surface area contributed by atoms with E-state index in [2.05, 4.69) is 36.4 Å². The molecule has 1 aliphatic heterocycles. The number of rotatable bonds is 3. The Morgan fingerprint density at radius 1 is 1.19 bits per heavy atom. The molecule has 2 aliphatic rings. The van der Waals surface area contributed by atoms with Gasteiger partial charge in [-0.25, -0.2) is 0 Å². The Balaban J connectivity index is 0.00000220. The molecule has 1 aliphatic carbocycles. The standard InChI is InChI=1S/C15H29N3O2.HI/c1-14(2)12(10-15(14,3)19-5)18-13(16-4)17-11-6-8-20-9-7-11;/h11-12H,6-10H2,1-5H3,(H2,16,17,18);1H. The van der Waals surface area contributed by atoms with Crippen LogP contribution in [0, 0.1) is 5.41 Å². The van der Waals surface area contributed by atoms with Crippen molar-refractivity contribution in [2.24, 2.45) is 10.4 Å². The van der Waals surface area contributed by atoms with E-state index in [-0.39, 0.29) is 35.0 Å². The first-order valence-corrected chi connectivity index (χ1v) is 7.55. The van der Waals surface area contributed by atoms with Gasteiger partial charge in [0.2, 0.25) is 0 Å². The molecule has 6 heteroatoms. The number of halogens is 1. The average molecular weight is 411 g/mol. The van der Waals surface area contributed by atoms with E-state index in [1.807, 2.05) is 7.05 Å². The highest BCUT2D eigenvalue weighted by atomic mass is 127. The number of ether oxygens (including phenoxy) is 2. The number of aliphatic imine (C=N–C) groups is 1. The Morgan fingerprint density at radius 3 is 2.29 bits per heavy atom. The lowest BCUT2D eigenvalue weighted by atomic mass is 9.56. The molecule has 1 saturated heterocycles. The molecular formula is C15H30IN3O2. The Labute approximate surface area is 145 Å². The van der Waals surface area contributed by atoms with Gasteiger partial charge in [-0.15, -0.1) is 24.0 Å². The quantitative estimate of drug-likeness (QED) is 0.425. The van der Waals surface area contributed by atoms with Crippen molar-refractivity contribution in [3.63, 3.8) is 0 Å². The first kappa shape index (κ1) is 19.0. The van der Waals surface area contributed by atoms with Crippen LogP contribution in [0.2, 0.25) is 0 Å². The summed E-state index contributed by atoms with van der Waals surface area (Å²) < 4.78 is 11.1. The molecule has 124 valence electrons. The molecular weight excluding hydrogens is 381 g/mol. The Kier molecular flexibility index (Phi) is 6.74. The van der Waals surface area contributed by atoms with E-state index in [1.54, 1.807) is 7.11 Å². The maximum absolute atomic E-state index is 5.67. The van der Waals surface area contributed by atoms with Gasteiger partial charge in [-0.1, -0.05) is 13.8 Å². The largest absolute Gasteiger partial charge is 0.381 e. The molecule has 1 saturated carbocycles. The molecule has 0 radical (unpaired) electrons. The van der Waals surface area contributed by atoms with E-state index < -0.39 is 0 Å². The Morgan fingerprint density at radius 2 is 1.81 bits per heavy atom. The number of nitrogens with zero attached hydrogens (tertiary/aromatic N) is 1. The van der Waals surface area contributed by atoms with Gasteiger partial charge in [0.25, 0.3) is 0 Å². The van der Waals surface area contributed by atoms with Crippen molar-refractivity contribution in [2.75, 3.05) is 27.4 Å². The number of nitrogens with one attached hydrogen (secondary N) is 2. The zero-order chi connectivity index (χ0) is 14.8. The molecule has 2 rings (SSSR count). The van der Waals surface area contributed by atoms with Gasteiger partial charge < -0.3 is 20.1 Å². The third-order valence-electron chi connectivity index (χ3n) is 5.38. The highest BCUT2D eigenvalue weighted by molar-refractivity contribution is 14.0. The van der Waals surface area contributed by atoms with E-state index >= 15 is 0 Å². The second kappa shape index (κ2) is 7.46. The third kappa shape index (κ3) is 3.82. The van der Waals surface area contributed by atoms with Crippen molar-refractivity contribution in [3.8, 4) is 0 Å². The molecule has 2 atom stereocenters. The van der Waals surface area contributed by atoms with Crippen molar-refractivity contribution in [1.29, 1.82) is 0 Å². The summed E-state index contributed by atoms with van der Waals surface area (Å²) in [7, 11) is 3.63. The predicted molar refractivity (Wildman–Crippen MR) is 96.5 cm³/mol. The summed E-state index contributed by atoms with van der Waals surface area (Å²) in [6.45, 7) is 8.36. The zero-order valence-corrected chi connectivity index (χ0v) is 16.2. The van der Waals surface area contributed by atoms with Crippen LogP contribution in [0.25, 0.3) is 0 Å². The molecule has 0 aromatic carbocycles. The maximum atomic E-state index is 5.67. The molecule has 1 heterocycles. The van der Waals surface area contributed by atoms with E-state index in [9.17, 15) is 0 Å². The SMILES string of the molecule is CN=C(NC1CCOCC1)NC1CC(C)(OC)C1(C)C.I. The predicted octanol–water partition coefficient (Wildman–Crippen LogP) is 2.15. The van der Waals surface area contributed by atoms with Gasteiger partial charge in [0.05, 0.1) is 5.60 Å². The van der Waals surface area contributed by atoms with Crippen molar-refractivity contribution < 1.29 is 9.47 Å². The lowest BCUT2D eigenvalue weighted by Gasteiger charge is -2.59. The van der Waals surface area contributed by atoms with Gasteiger partial charge in [-0.2, -0.15) is 0 Å². The minimum Gasteiger partial charge on any atom is -0.381 e. The molecule has 0 aromatic heterocycles. The molecule has 21 heavy (non-hydrogen) atoms. The van der Waals surface area contributed by atoms with E-state index in [4.69, 9.17) is 9.47 Å². The maximum Gasteiger partial charge on any atom is 0.191 e. The molecule has 0 spiro atoms. The van der Waals surface area contributed by atoms with Crippen LogP contribution in [0.3, 0.4) is 0 Å². The van der Waals surface area contributed by atoms with Crippen LogP contribution in [0.15, 0.2) is 4.99 Å². The Bertz CT molecular complexity index is 370. The molecule has 2 N–H and O–H groups in total. The van der Waals surface area contributed by atoms with Crippen molar-refractivity contribution in [2.45, 2.75) is 57.7 Å². The minimum absolute atomic E-state index is 0. The summed E-state index contributed by atoms with van der Waals surface area (Å²) in [5.74, 6) is 0.896. The molecule has 2 fully saturated rings. The summed E-state index contributed by atoms with van der Waals surface area (Å²) in [5, 5.41) is 7.05. The smallest absolute Gasteiger partial charge is 0.191 e. The fraction of sp³-hybridized carbons (Fsp3) is 0.933. The normalized spacial score (nSPS) is 32.8. The van der Waals surface area contributed by atoms with Gasteiger partial charge >= 0.3 is 0 Å². The van der Waals surface area contributed by atoms with Crippen LogP contribution in [-0.2, 0) is 9.47 Å². The second-order valence-electron chi connectivity index (χ2n) is 6.66. The van der Waals surface area contributed by atoms with Gasteiger partial charge in [-0.3, -0.25) is 4.99 Å². The fourth-order valence-electron chi connectivity index (χ4n) is 3.09. The van der Waals surface area contributed by atoms with Crippen LogP contribution in [0.5, 0.6) is 0 Å². The van der Waals surface area contributed by atoms with Gasteiger partial charge in [0, 0.05) is 44.9 Å². The molecule has 0 aromatic rings. The van der Waals surface area contributed by atoms with E-state index in [0.29, 0.717) is 12.1 Å².